The summed E-state index contributed by atoms with van der Waals surface area (Å²) >= 11 is 0. The van der Waals surface area contributed by atoms with Gasteiger partial charge in [-0.25, -0.2) is 0 Å². The summed E-state index contributed by atoms with van der Waals surface area (Å²) in [5.41, 5.74) is 1.53. The zero-order valence-corrected chi connectivity index (χ0v) is 11.7. The zero-order chi connectivity index (χ0) is 13.8. The van der Waals surface area contributed by atoms with E-state index in [0.717, 1.165) is 12.1 Å². The summed E-state index contributed by atoms with van der Waals surface area (Å²) in [6, 6.07) is 9.87. The van der Waals surface area contributed by atoms with E-state index in [4.69, 9.17) is 5.26 Å². The van der Waals surface area contributed by atoms with Crippen LogP contribution in [0.25, 0.3) is 0 Å². The third kappa shape index (κ3) is 3.56. The van der Waals surface area contributed by atoms with E-state index < -0.39 is 6.10 Å². The van der Waals surface area contributed by atoms with Crippen molar-refractivity contribution in [2.24, 2.45) is 5.92 Å². The van der Waals surface area contributed by atoms with Gasteiger partial charge in [0.15, 0.2) is 0 Å². The van der Waals surface area contributed by atoms with Crippen molar-refractivity contribution in [2.75, 3.05) is 13.1 Å². The number of benzene rings is 1. The lowest BCUT2D eigenvalue weighted by atomic mass is 9.94. The molecule has 1 aliphatic heterocycles. The molecule has 102 valence electrons. The molecule has 0 amide bonds. The van der Waals surface area contributed by atoms with Crippen LogP contribution in [0.2, 0.25) is 0 Å². The summed E-state index contributed by atoms with van der Waals surface area (Å²) in [7, 11) is 0. The highest BCUT2D eigenvalue weighted by Crippen LogP contribution is 2.24. The molecule has 0 aromatic heterocycles. The Morgan fingerprint density at radius 3 is 2.63 bits per heavy atom. The van der Waals surface area contributed by atoms with Crippen LogP contribution in [0.1, 0.15) is 43.9 Å². The number of nitrogens with zero attached hydrogens (tertiary/aromatic N) is 2. The number of rotatable bonds is 3. The molecule has 0 radical (unpaired) electrons. The van der Waals surface area contributed by atoms with Crippen molar-refractivity contribution in [1.82, 2.24) is 4.90 Å². The number of β-amino-alcohol motifs (C(OH)–C–C–N with tert-alkyl or cyclic N) is 1. The lowest BCUT2D eigenvalue weighted by Gasteiger charge is -2.37. The lowest BCUT2D eigenvalue weighted by Crippen LogP contribution is -2.43. The molecule has 1 aromatic rings. The number of likely N-dealkylation sites (tertiary alicyclic amines) is 1. The second kappa shape index (κ2) is 6.18. The van der Waals surface area contributed by atoms with Gasteiger partial charge in [0.1, 0.15) is 0 Å². The summed E-state index contributed by atoms with van der Waals surface area (Å²) in [5.74, 6) is 0.712. The Bertz CT molecular complexity index is 449. The van der Waals surface area contributed by atoms with E-state index in [9.17, 15) is 5.11 Å². The molecule has 3 unspecified atom stereocenters. The molecule has 0 saturated carbocycles. The molecule has 1 aromatic carbocycles. The molecule has 19 heavy (non-hydrogen) atoms. The molecule has 0 bridgehead atoms. The van der Waals surface area contributed by atoms with E-state index in [1.165, 1.54) is 12.8 Å². The first kappa shape index (κ1) is 14.0. The minimum atomic E-state index is -0.472. The highest BCUT2D eigenvalue weighted by atomic mass is 16.3. The van der Waals surface area contributed by atoms with E-state index in [2.05, 4.69) is 24.8 Å². The van der Waals surface area contributed by atoms with Crippen LogP contribution in [0.5, 0.6) is 0 Å². The third-order valence-corrected chi connectivity index (χ3v) is 4.08. The normalized spacial score (nSPS) is 25.8. The maximum absolute atomic E-state index is 10.3. The van der Waals surface area contributed by atoms with Gasteiger partial charge in [0.25, 0.3) is 0 Å². The van der Waals surface area contributed by atoms with Crippen LogP contribution in [0.3, 0.4) is 0 Å². The first-order valence-corrected chi connectivity index (χ1v) is 7.02. The van der Waals surface area contributed by atoms with Gasteiger partial charge in [0.05, 0.1) is 17.7 Å². The van der Waals surface area contributed by atoms with Gasteiger partial charge >= 0.3 is 0 Å². The lowest BCUT2D eigenvalue weighted by molar-refractivity contribution is 0.0568. The van der Waals surface area contributed by atoms with Gasteiger partial charge in [-0.2, -0.15) is 5.26 Å². The summed E-state index contributed by atoms with van der Waals surface area (Å²) in [4.78, 5) is 2.37. The third-order valence-electron chi connectivity index (χ3n) is 4.08. The first-order chi connectivity index (χ1) is 9.10. The fourth-order valence-corrected chi connectivity index (χ4v) is 2.74. The predicted octanol–water partition coefficient (Wildman–Crippen LogP) is 2.71. The first-order valence-electron chi connectivity index (χ1n) is 7.02. The van der Waals surface area contributed by atoms with Gasteiger partial charge in [0, 0.05) is 19.1 Å². The van der Waals surface area contributed by atoms with Gasteiger partial charge < -0.3 is 5.11 Å². The SMILES string of the molecule is CC1CCC(C)N(CC(O)c2ccc(C#N)cc2)C1. The molecule has 0 spiro atoms. The van der Waals surface area contributed by atoms with E-state index in [-0.39, 0.29) is 0 Å². The molecule has 1 saturated heterocycles. The van der Waals surface area contributed by atoms with Crippen LogP contribution in [0.15, 0.2) is 24.3 Å². The van der Waals surface area contributed by atoms with E-state index in [1.807, 2.05) is 12.1 Å². The molecular formula is C16H22N2O. The Morgan fingerprint density at radius 1 is 1.32 bits per heavy atom. The van der Waals surface area contributed by atoms with Crippen LogP contribution in [0, 0.1) is 17.2 Å². The Morgan fingerprint density at radius 2 is 2.00 bits per heavy atom. The van der Waals surface area contributed by atoms with Gasteiger partial charge in [-0.1, -0.05) is 19.1 Å². The van der Waals surface area contributed by atoms with Crippen LogP contribution in [-0.4, -0.2) is 29.1 Å². The summed E-state index contributed by atoms with van der Waals surface area (Å²) in [6.07, 6.45) is 2.02. The Hall–Kier alpha value is -1.37. The van der Waals surface area contributed by atoms with Crippen LogP contribution < -0.4 is 0 Å². The van der Waals surface area contributed by atoms with Crippen LogP contribution in [-0.2, 0) is 0 Å². The highest BCUT2D eigenvalue weighted by molar-refractivity contribution is 5.32. The molecule has 3 heteroatoms. The largest absolute Gasteiger partial charge is 0.387 e. The molecule has 1 fully saturated rings. The van der Waals surface area contributed by atoms with E-state index in [0.29, 0.717) is 24.1 Å². The zero-order valence-electron chi connectivity index (χ0n) is 11.7. The number of hydrogen-bond acceptors (Lipinski definition) is 3. The monoisotopic (exact) mass is 258 g/mol. The van der Waals surface area contributed by atoms with E-state index >= 15 is 0 Å². The topological polar surface area (TPSA) is 47.3 Å². The molecule has 3 nitrogen and oxygen atoms in total. The number of hydrogen-bond donors (Lipinski definition) is 1. The van der Waals surface area contributed by atoms with Gasteiger partial charge in [-0.15, -0.1) is 0 Å². The van der Waals surface area contributed by atoms with Crippen molar-refractivity contribution in [1.29, 1.82) is 5.26 Å². The Kier molecular flexibility index (Phi) is 4.57. The Balaban J connectivity index is 1.99. The smallest absolute Gasteiger partial charge is 0.0991 e. The predicted molar refractivity (Wildman–Crippen MR) is 75.5 cm³/mol. The van der Waals surface area contributed by atoms with E-state index in [1.54, 1.807) is 12.1 Å². The Labute approximate surface area is 115 Å². The average molecular weight is 258 g/mol. The number of aliphatic hydroxyl groups is 1. The average Bonchev–Trinajstić information content (AvgIpc) is 2.43. The maximum atomic E-state index is 10.3. The van der Waals surface area contributed by atoms with Crippen LogP contribution in [0.4, 0.5) is 0 Å². The van der Waals surface area contributed by atoms with Gasteiger partial charge in [-0.3, -0.25) is 4.90 Å². The molecule has 1 heterocycles. The minimum Gasteiger partial charge on any atom is -0.387 e. The molecule has 0 aliphatic carbocycles. The van der Waals surface area contributed by atoms with Crippen molar-refractivity contribution in [2.45, 2.75) is 38.8 Å². The number of nitriles is 1. The van der Waals surface area contributed by atoms with Crippen molar-refractivity contribution < 1.29 is 5.11 Å². The summed E-state index contributed by atoms with van der Waals surface area (Å²) in [5, 5.41) is 19.1. The molecule has 1 N–H and O–H groups in total. The second-order valence-corrected chi connectivity index (χ2v) is 5.74. The molecule has 1 aliphatic rings. The number of aliphatic hydroxyl groups excluding tert-OH is 1. The summed E-state index contributed by atoms with van der Waals surface area (Å²) in [6.45, 7) is 6.25. The van der Waals surface area contributed by atoms with Crippen LogP contribution >= 0.6 is 0 Å². The van der Waals surface area contributed by atoms with Crippen molar-refractivity contribution in [3.63, 3.8) is 0 Å². The highest BCUT2D eigenvalue weighted by Gasteiger charge is 2.24. The fraction of sp³-hybridized carbons (Fsp3) is 0.562. The minimum absolute atomic E-state index is 0.472. The van der Waals surface area contributed by atoms with Crippen molar-refractivity contribution >= 4 is 0 Å². The van der Waals surface area contributed by atoms with Crippen molar-refractivity contribution in [3.8, 4) is 6.07 Å². The molecular weight excluding hydrogens is 236 g/mol. The molecule has 2 rings (SSSR count). The van der Waals surface area contributed by atoms with Gasteiger partial charge in [-0.05, 0) is 43.4 Å². The summed E-state index contributed by atoms with van der Waals surface area (Å²) < 4.78 is 0. The van der Waals surface area contributed by atoms with Crippen molar-refractivity contribution in [3.05, 3.63) is 35.4 Å². The standard InChI is InChI=1S/C16H22N2O/c1-12-3-4-13(2)18(10-12)11-16(19)15-7-5-14(9-17)6-8-15/h5-8,12-13,16,19H,3-4,10-11H2,1-2H3. The molecule has 3 atom stereocenters. The maximum Gasteiger partial charge on any atom is 0.0991 e. The second-order valence-electron chi connectivity index (χ2n) is 5.74. The quantitative estimate of drug-likeness (QED) is 0.906. The number of piperidine rings is 1. The fourth-order valence-electron chi connectivity index (χ4n) is 2.74. The van der Waals surface area contributed by atoms with Gasteiger partial charge in [0.2, 0.25) is 0 Å².